The molecule has 0 bridgehead atoms. The minimum absolute atomic E-state index is 0.102. The van der Waals surface area contributed by atoms with Gasteiger partial charge in [0.25, 0.3) is 11.6 Å². The highest BCUT2D eigenvalue weighted by atomic mass is 35.5. The summed E-state index contributed by atoms with van der Waals surface area (Å²) < 4.78 is 5.54. The second-order valence-electron chi connectivity index (χ2n) is 7.28. The average molecular weight is 427 g/mol. The molecule has 0 N–H and O–H groups in total. The summed E-state index contributed by atoms with van der Waals surface area (Å²) in [4.78, 5) is 27.2. The molecule has 0 atom stereocenters. The third kappa shape index (κ3) is 3.61. The summed E-state index contributed by atoms with van der Waals surface area (Å²) in [5.41, 5.74) is 3.16. The molecule has 3 aromatic rings. The van der Waals surface area contributed by atoms with E-state index in [1.54, 1.807) is 48.2 Å². The second kappa shape index (κ2) is 7.79. The molecule has 30 heavy (non-hydrogen) atoms. The maximum absolute atomic E-state index is 13.0. The SMILES string of the molecule is CN(C)c1ccc(C(=O)N2CCc3c(noc3-c3ccc(Cl)cc3)C2)cc1[N+](=O)[O-]. The van der Waals surface area contributed by atoms with Gasteiger partial charge < -0.3 is 14.3 Å². The highest BCUT2D eigenvalue weighted by Gasteiger charge is 2.29. The molecule has 0 aliphatic carbocycles. The zero-order valence-electron chi connectivity index (χ0n) is 16.5. The number of aromatic nitrogens is 1. The van der Waals surface area contributed by atoms with Crippen molar-refractivity contribution < 1.29 is 14.2 Å². The Bertz CT molecular complexity index is 1120. The quantitative estimate of drug-likeness (QED) is 0.459. The molecule has 154 valence electrons. The summed E-state index contributed by atoms with van der Waals surface area (Å²) in [7, 11) is 3.44. The van der Waals surface area contributed by atoms with E-state index in [2.05, 4.69) is 5.16 Å². The van der Waals surface area contributed by atoms with Crippen LogP contribution in [0.2, 0.25) is 5.02 Å². The van der Waals surface area contributed by atoms with Gasteiger partial charge in [-0.2, -0.15) is 0 Å². The van der Waals surface area contributed by atoms with Gasteiger partial charge in [-0.05, 0) is 42.8 Å². The van der Waals surface area contributed by atoms with E-state index in [9.17, 15) is 14.9 Å². The Balaban J connectivity index is 1.58. The van der Waals surface area contributed by atoms with E-state index in [1.165, 1.54) is 6.07 Å². The van der Waals surface area contributed by atoms with Crippen LogP contribution >= 0.6 is 11.6 Å². The molecule has 1 aromatic heterocycles. The van der Waals surface area contributed by atoms with E-state index in [1.807, 2.05) is 12.1 Å². The zero-order valence-corrected chi connectivity index (χ0v) is 17.2. The van der Waals surface area contributed by atoms with Gasteiger partial charge in [0.15, 0.2) is 5.76 Å². The lowest BCUT2D eigenvalue weighted by Crippen LogP contribution is -2.36. The molecule has 9 heteroatoms. The number of carbonyl (C=O) groups excluding carboxylic acids is 1. The van der Waals surface area contributed by atoms with E-state index in [0.717, 1.165) is 11.1 Å². The van der Waals surface area contributed by atoms with Crippen molar-refractivity contribution in [2.75, 3.05) is 25.5 Å². The van der Waals surface area contributed by atoms with E-state index in [-0.39, 0.29) is 23.7 Å². The maximum Gasteiger partial charge on any atom is 0.293 e. The molecule has 0 fully saturated rings. The molecule has 1 aliphatic rings. The van der Waals surface area contributed by atoms with Crippen molar-refractivity contribution >= 4 is 28.9 Å². The van der Waals surface area contributed by atoms with Crippen LogP contribution < -0.4 is 4.90 Å². The molecule has 0 spiro atoms. The number of benzene rings is 2. The van der Waals surface area contributed by atoms with E-state index >= 15 is 0 Å². The molecule has 8 nitrogen and oxygen atoms in total. The number of hydrogen-bond acceptors (Lipinski definition) is 6. The molecular formula is C21H19ClN4O4. The standard InChI is InChI=1S/C21H19ClN4O4/c1-24(2)18-8-5-14(11-19(18)26(28)29)21(27)25-10-9-16-17(12-25)23-30-20(16)13-3-6-15(22)7-4-13/h3-8,11H,9-10,12H2,1-2H3. The van der Waals surface area contributed by atoms with Crippen molar-refractivity contribution in [2.24, 2.45) is 0 Å². The number of amides is 1. The average Bonchev–Trinajstić information content (AvgIpc) is 3.16. The molecule has 1 amide bonds. The third-order valence-corrected chi connectivity index (χ3v) is 5.39. The molecular weight excluding hydrogens is 408 g/mol. The summed E-state index contributed by atoms with van der Waals surface area (Å²) in [6.45, 7) is 0.755. The van der Waals surface area contributed by atoms with Crippen LogP contribution in [0.15, 0.2) is 47.0 Å². The lowest BCUT2D eigenvalue weighted by atomic mass is 10.00. The van der Waals surface area contributed by atoms with Gasteiger partial charge in [-0.1, -0.05) is 16.8 Å². The van der Waals surface area contributed by atoms with Crippen LogP contribution in [0.4, 0.5) is 11.4 Å². The molecule has 1 aliphatic heterocycles. The number of nitro benzene ring substituents is 1. The van der Waals surface area contributed by atoms with Gasteiger partial charge in [0, 0.05) is 48.4 Å². The topological polar surface area (TPSA) is 92.7 Å². The number of halogens is 1. The third-order valence-electron chi connectivity index (χ3n) is 5.14. The van der Waals surface area contributed by atoms with Gasteiger partial charge in [-0.3, -0.25) is 14.9 Å². The Morgan fingerprint density at radius 1 is 1.23 bits per heavy atom. The van der Waals surface area contributed by atoms with Crippen molar-refractivity contribution in [1.82, 2.24) is 10.1 Å². The van der Waals surface area contributed by atoms with Crippen molar-refractivity contribution in [1.29, 1.82) is 0 Å². The van der Waals surface area contributed by atoms with Crippen LogP contribution in [0.3, 0.4) is 0 Å². The summed E-state index contributed by atoms with van der Waals surface area (Å²) in [6.07, 6.45) is 0.584. The van der Waals surface area contributed by atoms with Gasteiger partial charge >= 0.3 is 0 Å². The number of fused-ring (bicyclic) bond motifs is 1. The van der Waals surface area contributed by atoms with E-state index in [4.69, 9.17) is 16.1 Å². The number of nitrogens with zero attached hydrogens (tertiary/aromatic N) is 4. The van der Waals surface area contributed by atoms with Gasteiger partial charge in [-0.25, -0.2) is 0 Å². The van der Waals surface area contributed by atoms with Gasteiger partial charge in [0.2, 0.25) is 0 Å². The van der Waals surface area contributed by atoms with Crippen LogP contribution in [-0.4, -0.2) is 41.5 Å². The van der Waals surface area contributed by atoms with Crippen LogP contribution in [0, 0.1) is 10.1 Å². The first-order chi connectivity index (χ1) is 14.3. The largest absolute Gasteiger partial charge is 0.372 e. The van der Waals surface area contributed by atoms with Crippen molar-refractivity contribution in [3.63, 3.8) is 0 Å². The van der Waals surface area contributed by atoms with Crippen molar-refractivity contribution in [3.8, 4) is 11.3 Å². The number of rotatable bonds is 4. The molecule has 4 rings (SSSR count). The number of nitro groups is 1. The first-order valence-corrected chi connectivity index (χ1v) is 9.71. The first kappa shape index (κ1) is 19.9. The number of hydrogen-bond donors (Lipinski definition) is 0. The fourth-order valence-corrected chi connectivity index (χ4v) is 3.72. The van der Waals surface area contributed by atoms with Crippen LogP contribution in [0.1, 0.15) is 21.6 Å². The fraction of sp³-hybridized carbons (Fsp3) is 0.238. The van der Waals surface area contributed by atoms with Crippen LogP contribution in [0.25, 0.3) is 11.3 Å². The number of carbonyl (C=O) groups is 1. The highest BCUT2D eigenvalue weighted by Crippen LogP contribution is 2.32. The summed E-state index contributed by atoms with van der Waals surface area (Å²) in [5.74, 6) is 0.407. The fourth-order valence-electron chi connectivity index (χ4n) is 3.60. The Morgan fingerprint density at radius 2 is 1.97 bits per heavy atom. The minimum Gasteiger partial charge on any atom is -0.372 e. The predicted octanol–water partition coefficient (Wildman–Crippen LogP) is 4.17. The van der Waals surface area contributed by atoms with Gasteiger partial charge in [-0.15, -0.1) is 0 Å². The predicted molar refractivity (Wildman–Crippen MR) is 113 cm³/mol. The monoisotopic (exact) mass is 426 g/mol. The minimum atomic E-state index is -0.476. The van der Waals surface area contributed by atoms with Gasteiger partial charge in [0.1, 0.15) is 11.4 Å². The van der Waals surface area contributed by atoms with Crippen LogP contribution in [-0.2, 0) is 13.0 Å². The molecule has 0 saturated heterocycles. The lowest BCUT2D eigenvalue weighted by Gasteiger charge is -2.26. The lowest BCUT2D eigenvalue weighted by molar-refractivity contribution is -0.384. The Hall–Kier alpha value is -3.39. The highest BCUT2D eigenvalue weighted by molar-refractivity contribution is 6.30. The first-order valence-electron chi connectivity index (χ1n) is 9.33. The van der Waals surface area contributed by atoms with E-state index in [0.29, 0.717) is 35.1 Å². The molecule has 2 aromatic carbocycles. The van der Waals surface area contributed by atoms with E-state index < -0.39 is 4.92 Å². The molecule has 0 unspecified atom stereocenters. The van der Waals surface area contributed by atoms with Crippen molar-refractivity contribution in [2.45, 2.75) is 13.0 Å². The maximum atomic E-state index is 13.0. The van der Waals surface area contributed by atoms with Crippen LogP contribution in [0.5, 0.6) is 0 Å². The zero-order chi connectivity index (χ0) is 21.4. The number of anilines is 1. The summed E-state index contributed by atoms with van der Waals surface area (Å²) in [5, 5.41) is 16.2. The smallest absolute Gasteiger partial charge is 0.293 e. The van der Waals surface area contributed by atoms with Gasteiger partial charge in [0.05, 0.1) is 11.5 Å². The Morgan fingerprint density at radius 3 is 2.63 bits per heavy atom. The molecule has 0 radical (unpaired) electrons. The Labute approximate surface area is 177 Å². The molecule has 0 saturated carbocycles. The molecule has 2 heterocycles. The second-order valence-corrected chi connectivity index (χ2v) is 7.71. The normalized spacial score (nSPS) is 13.1. The van der Waals surface area contributed by atoms with Crippen molar-refractivity contribution in [3.05, 3.63) is 74.4 Å². The summed E-state index contributed by atoms with van der Waals surface area (Å²) >= 11 is 5.95. The summed E-state index contributed by atoms with van der Waals surface area (Å²) in [6, 6.07) is 11.8. The Kier molecular flexibility index (Phi) is 5.17.